The summed E-state index contributed by atoms with van der Waals surface area (Å²) >= 11 is 1.73. The van der Waals surface area contributed by atoms with Crippen molar-refractivity contribution in [2.75, 3.05) is 0 Å². The number of nitrogens with zero attached hydrogens (tertiary/aromatic N) is 4. The molecule has 1 unspecified atom stereocenters. The molecule has 7 heteroatoms. The third-order valence-corrected chi connectivity index (χ3v) is 5.18. The van der Waals surface area contributed by atoms with Crippen LogP contribution in [0.5, 0.6) is 0 Å². The maximum Gasteiger partial charge on any atom is 0.231 e. The molecule has 0 bridgehead atoms. The SMILES string of the molecule is O=C(NCc1ccc2sccc2c1)C1CCCCn2nnnc21. The van der Waals surface area contributed by atoms with Crippen molar-refractivity contribution in [3.8, 4) is 0 Å². The summed E-state index contributed by atoms with van der Waals surface area (Å²) in [5, 5.41) is 18.1. The van der Waals surface area contributed by atoms with Gasteiger partial charge in [-0.25, -0.2) is 4.68 Å². The number of hydrogen-bond acceptors (Lipinski definition) is 5. The maximum atomic E-state index is 12.6. The molecule has 6 nitrogen and oxygen atoms in total. The molecule has 4 rings (SSSR count). The van der Waals surface area contributed by atoms with Crippen LogP contribution >= 0.6 is 11.3 Å². The number of aromatic nitrogens is 4. The van der Waals surface area contributed by atoms with Gasteiger partial charge >= 0.3 is 0 Å². The van der Waals surface area contributed by atoms with Gasteiger partial charge in [-0.1, -0.05) is 12.5 Å². The molecule has 1 aromatic carbocycles. The van der Waals surface area contributed by atoms with Gasteiger partial charge in [0.15, 0.2) is 5.82 Å². The van der Waals surface area contributed by atoms with Crippen LogP contribution in [0.4, 0.5) is 0 Å². The Balaban J connectivity index is 1.47. The molecule has 1 aliphatic heterocycles. The van der Waals surface area contributed by atoms with Gasteiger partial charge in [0.1, 0.15) is 0 Å². The lowest BCUT2D eigenvalue weighted by molar-refractivity contribution is -0.123. The fourth-order valence-corrected chi connectivity index (χ4v) is 3.82. The van der Waals surface area contributed by atoms with E-state index in [9.17, 15) is 4.79 Å². The minimum absolute atomic E-state index is 0.00775. The van der Waals surface area contributed by atoms with Crippen LogP contribution in [-0.4, -0.2) is 26.1 Å². The highest BCUT2D eigenvalue weighted by molar-refractivity contribution is 7.17. The molecule has 23 heavy (non-hydrogen) atoms. The number of thiophene rings is 1. The fraction of sp³-hybridized carbons (Fsp3) is 0.375. The van der Waals surface area contributed by atoms with Crippen LogP contribution in [0.3, 0.4) is 0 Å². The van der Waals surface area contributed by atoms with Gasteiger partial charge in [-0.05, 0) is 57.8 Å². The van der Waals surface area contributed by atoms with Crippen molar-refractivity contribution in [3.63, 3.8) is 0 Å². The summed E-state index contributed by atoms with van der Waals surface area (Å²) < 4.78 is 3.03. The third-order valence-electron chi connectivity index (χ3n) is 4.28. The number of rotatable bonds is 3. The Morgan fingerprint density at radius 3 is 3.26 bits per heavy atom. The molecule has 0 saturated carbocycles. The topological polar surface area (TPSA) is 72.7 Å². The number of carbonyl (C=O) groups excluding carboxylic acids is 1. The van der Waals surface area contributed by atoms with Crippen LogP contribution in [0, 0.1) is 0 Å². The Kier molecular flexibility index (Phi) is 3.78. The lowest BCUT2D eigenvalue weighted by atomic mass is 10.0. The Morgan fingerprint density at radius 2 is 2.30 bits per heavy atom. The first-order valence-corrected chi connectivity index (χ1v) is 8.69. The Morgan fingerprint density at radius 1 is 1.35 bits per heavy atom. The molecule has 1 aliphatic rings. The van der Waals surface area contributed by atoms with Crippen molar-refractivity contribution in [1.29, 1.82) is 0 Å². The van der Waals surface area contributed by atoms with E-state index in [1.807, 2.05) is 0 Å². The van der Waals surface area contributed by atoms with Gasteiger partial charge in [-0.15, -0.1) is 16.4 Å². The molecule has 0 aliphatic carbocycles. The second kappa shape index (κ2) is 6.08. The Bertz CT molecular complexity index is 840. The van der Waals surface area contributed by atoms with Gasteiger partial charge in [0.05, 0.1) is 5.92 Å². The Hall–Kier alpha value is -2.28. The molecular weight excluding hydrogens is 310 g/mol. The highest BCUT2D eigenvalue weighted by Crippen LogP contribution is 2.25. The van der Waals surface area contributed by atoms with E-state index in [1.165, 1.54) is 10.1 Å². The smallest absolute Gasteiger partial charge is 0.231 e. The number of fused-ring (bicyclic) bond motifs is 2. The van der Waals surface area contributed by atoms with Gasteiger partial charge in [-0.2, -0.15) is 0 Å². The average Bonchev–Trinajstić information content (AvgIpc) is 3.17. The van der Waals surface area contributed by atoms with Crippen molar-refractivity contribution in [1.82, 2.24) is 25.5 Å². The van der Waals surface area contributed by atoms with E-state index < -0.39 is 0 Å². The minimum Gasteiger partial charge on any atom is -0.351 e. The highest BCUT2D eigenvalue weighted by atomic mass is 32.1. The molecule has 1 atom stereocenters. The monoisotopic (exact) mass is 327 g/mol. The predicted molar refractivity (Wildman–Crippen MR) is 88.1 cm³/mol. The quantitative estimate of drug-likeness (QED) is 0.802. The van der Waals surface area contributed by atoms with Gasteiger partial charge in [0, 0.05) is 17.8 Å². The zero-order chi connectivity index (χ0) is 15.6. The van der Waals surface area contributed by atoms with E-state index in [1.54, 1.807) is 16.0 Å². The number of carbonyl (C=O) groups is 1. The van der Waals surface area contributed by atoms with E-state index >= 15 is 0 Å². The van der Waals surface area contributed by atoms with Crippen LogP contribution in [0.2, 0.25) is 0 Å². The van der Waals surface area contributed by atoms with Crippen LogP contribution < -0.4 is 5.32 Å². The van der Waals surface area contributed by atoms with Crippen LogP contribution in [0.1, 0.15) is 36.6 Å². The number of nitrogens with one attached hydrogen (secondary N) is 1. The summed E-state index contributed by atoms with van der Waals surface area (Å²) in [6, 6.07) is 8.40. The summed E-state index contributed by atoms with van der Waals surface area (Å²) in [6.07, 6.45) is 2.82. The van der Waals surface area contributed by atoms with Gasteiger partial charge in [-0.3, -0.25) is 4.79 Å². The van der Waals surface area contributed by atoms with E-state index in [-0.39, 0.29) is 11.8 Å². The number of aryl methyl sites for hydroxylation is 1. The second-order valence-electron chi connectivity index (χ2n) is 5.82. The molecule has 0 radical (unpaired) electrons. The average molecular weight is 327 g/mol. The molecule has 118 valence electrons. The highest BCUT2D eigenvalue weighted by Gasteiger charge is 2.28. The van der Waals surface area contributed by atoms with Crippen LogP contribution in [0.25, 0.3) is 10.1 Å². The zero-order valence-corrected chi connectivity index (χ0v) is 13.4. The largest absolute Gasteiger partial charge is 0.351 e. The van der Waals surface area contributed by atoms with Gasteiger partial charge < -0.3 is 5.32 Å². The molecule has 1 amide bonds. The molecule has 3 aromatic rings. The number of amides is 1. The maximum absolute atomic E-state index is 12.6. The Labute approximate surface area is 137 Å². The van der Waals surface area contributed by atoms with E-state index in [2.05, 4.69) is 50.5 Å². The lowest BCUT2D eigenvalue weighted by Crippen LogP contribution is -2.30. The first kappa shape index (κ1) is 14.3. The van der Waals surface area contributed by atoms with E-state index in [0.717, 1.165) is 31.4 Å². The molecule has 2 aromatic heterocycles. The van der Waals surface area contributed by atoms with Gasteiger partial charge in [0.25, 0.3) is 0 Å². The minimum atomic E-state index is -0.252. The third kappa shape index (κ3) is 2.84. The van der Waals surface area contributed by atoms with Crippen molar-refractivity contribution < 1.29 is 4.79 Å². The summed E-state index contributed by atoms with van der Waals surface area (Å²) in [6.45, 7) is 1.32. The van der Waals surface area contributed by atoms with E-state index in [0.29, 0.717) is 12.4 Å². The molecule has 3 heterocycles. The van der Waals surface area contributed by atoms with Crippen molar-refractivity contribution in [2.24, 2.45) is 0 Å². The molecule has 1 N–H and O–H groups in total. The van der Waals surface area contributed by atoms with Crippen molar-refractivity contribution >= 4 is 27.3 Å². The predicted octanol–water partition coefficient (Wildman–Crippen LogP) is 2.47. The molecule has 0 saturated heterocycles. The van der Waals surface area contributed by atoms with Crippen LogP contribution in [-0.2, 0) is 17.9 Å². The first-order valence-electron chi connectivity index (χ1n) is 7.81. The van der Waals surface area contributed by atoms with Gasteiger partial charge in [0.2, 0.25) is 5.91 Å². The van der Waals surface area contributed by atoms with Crippen LogP contribution in [0.15, 0.2) is 29.6 Å². The first-order chi connectivity index (χ1) is 11.3. The van der Waals surface area contributed by atoms with Crippen molar-refractivity contribution in [2.45, 2.75) is 38.3 Å². The summed E-state index contributed by atoms with van der Waals surface area (Å²) in [7, 11) is 0. The summed E-state index contributed by atoms with van der Waals surface area (Å²) in [4.78, 5) is 12.6. The standard InChI is InChI=1S/C16H17N5OS/c22-16(13-3-1-2-7-21-15(13)18-19-20-21)17-10-11-4-5-14-12(9-11)6-8-23-14/h4-6,8-9,13H,1-3,7,10H2,(H,17,22). The molecule has 0 spiro atoms. The normalized spacial score (nSPS) is 17.7. The molecule has 0 fully saturated rings. The number of benzene rings is 1. The van der Waals surface area contributed by atoms with E-state index in [4.69, 9.17) is 0 Å². The zero-order valence-electron chi connectivity index (χ0n) is 12.6. The number of hydrogen-bond donors (Lipinski definition) is 1. The fourth-order valence-electron chi connectivity index (χ4n) is 3.05. The lowest BCUT2D eigenvalue weighted by Gasteiger charge is -2.13. The summed E-state index contributed by atoms with van der Waals surface area (Å²) in [5.74, 6) is 0.444. The molecular formula is C16H17N5OS. The number of tetrazole rings is 1. The summed E-state index contributed by atoms with van der Waals surface area (Å²) in [5.41, 5.74) is 1.11. The second-order valence-corrected chi connectivity index (χ2v) is 6.77. The van der Waals surface area contributed by atoms with Crippen molar-refractivity contribution in [3.05, 3.63) is 41.0 Å².